The van der Waals surface area contributed by atoms with Crippen LogP contribution < -0.4 is 10.1 Å². The van der Waals surface area contributed by atoms with Gasteiger partial charge in [-0.25, -0.2) is 0 Å². The second kappa shape index (κ2) is 8.82. The van der Waals surface area contributed by atoms with Crippen molar-refractivity contribution in [3.05, 3.63) is 29.8 Å². The van der Waals surface area contributed by atoms with Crippen LogP contribution in [0.15, 0.2) is 24.3 Å². The summed E-state index contributed by atoms with van der Waals surface area (Å²) >= 11 is 0. The van der Waals surface area contributed by atoms with Gasteiger partial charge in [0.15, 0.2) is 5.78 Å². The van der Waals surface area contributed by atoms with E-state index < -0.39 is 5.54 Å². The van der Waals surface area contributed by atoms with Crippen LogP contribution in [0.4, 0.5) is 0 Å². The first-order valence-electron chi connectivity index (χ1n) is 8.59. The zero-order valence-electron chi connectivity index (χ0n) is 14.0. The third-order valence-corrected chi connectivity index (χ3v) is 4.67. The van der Waals surface area contributed by atoms with E-state index in [1.807, 2.05) is 24.3 Å². The van der Waals surface area contributed by atoms with E-state index in [2.05, 4.69) is 5.32 Å². The molecule has 1 aromatic rings. The highest BCUT2D eigenvalue weighted by Crippen LogP contribution is 2.36. The van der Waals surface area contributed by atoms with Crippen molar-refractivity contribution in [2.45, 2.75) is 56.9 Å². The molecule has 1 fully saturated rings. The number of rotatable bonds is 9. The summed E-state index contributed by atoms with van der Waals surface area (Å²) in [5.74, 6) is 1.07. The van der Waals surface area contributed by atoms with E-state index in [0.29, 0.717) is 12.8 Å². The molecule has 0 aromatic heterocycles. The molecule has 1 N–H and O–H groups in total. The molecule has 0 saturated heterocycles. The number of ketones is 1. The van der Waals surface area contributed by atoms with E-state index in [-0.39, 0.29) is 5.78 Å². The van der Waals surface area contributed by atoms with Crippen LogP contribution in [0.25, 0.3) is 0 Å². The number of ether oxygens (including phenoxy) is 1. The number of carbonyl (C=O) groups is 2. The van der Waals surface area contributed by atoms with Crippen LogP contribution in [0.5, 0.6) is 5.75 Å². The van der Waals surface area contributed by atoms with Gasteiger partial charge in [-0.05, 0) is 49.9 Å². The highest BCUT2D eigenvalue weighted by atomic mass is 16.5. The third kappa shape index (κ3) is 4.41. The van der Waals surface area contributed by atoms with Gasteiger partial charge in [0, 0.05) is 12.8 Å². The average molecular weight is 317 g/mol. The van der Waals surface area contributed by atoms with E-state index in [4.69, 9.17) is 4.74 Å². The zero-order chi connectivity index (χ0) is 16.5. The lowest BCUT2D eigenvalue weighted by molar-refractivity contribution is -0.128. The van der Waals surface area contributed by atoms with Crippen LogP contribution in [-0.2, 0) is 15.1 Å². The van der Waals surface area contributed by atoms with Crippen LogP contribution in [0.3, 0.4) is 0 Å². The van der Waals surface area contributed by atoms with Crippen molar-refractivity contribution in [2.24, 2.45) is 0 Å². The van der Waals surface area contributed by atoms with Crippen molar-refractivity contribution in [1.82, 2.24) is 5.32 Å². The Bertz CT molecular complexity index is 529. The summed E-state index contributed by atoms with van der Waals surface area (Å²) in [6.45, 7) is 0.793. The van der Waals surface area contributed by atoms with Gasteiger partial charge in [-0.3, -0.25) is 4.79 Å². The predicted molar refractivity (Wildman–Crippen MR) is 90.7 cm³/mol. The topological polar surface area (TPSA) is 55.4 Å². The summed E-state index contributed by atoms with van der Waals surface area (Å²) in [7, 11) is 1.65. The molecule has 126 valence electrons. The molecule has 1 atom stereocenters. The van der Waals surface area contributed by atoms with Gasteiger partial charge in [-0.2, -0.15) is 0 Å². The molecule has 0 aliphatic heterocycles. The Hall–Kier alpha value is -1.68. The number of benzene rings is 1. The van der Waals surface area contributed by atoms with Crippen molar-refractivity contribution < 1.29 is 14.3 Å². The molecule has 1 unspecified atom stereocenters. The van der Waals surface area contributed by atoms with Gasteiger partial charge >= 0.3 is 0 Å². The second-order valence-corrected chi connectivity index (χ2v) is 6.21. The van der Waals surface area contributed by atoms with Gasteiger partial charge < -0.3 is 14.8 Å². The Balaban J connectivity index is 2.09. The molecule has 1 saturated carbocycles. The second-order valence-electron chi connectivity index (χ2n) is 6.21. The quantitative estimate of drug-likeness (QED) is 0.560. The number of aldehydes is 1. The highest BCUT2D eigenvalue weighted by Gasteiger charge is 2.40. The van der Waals surface area contributed by atoms with Crippen molar-refractivity contribution in [3.8, 4) is 5.75 Å². The molecule has 23 heavy (non-hydrogen) atoms. The van der Waals surface area contributed by atoms with Crippen molar-refractivity contribution in [3.63, 3.8) is 0 Å². The van der Waals surface area contributed by atoms with Gasteiger partial charge in [0.25, 0.3) is 0 Å². The number of Topliss-reactive ketones (excluding diaryl/α,β-unsaturated/α-hetero) is 1. The maximum absolute atomic E-state index is 12.7. The first-order chi connectivity index (χ1) is 11.2. The summed E-state index contributed by atoms with van der Waals surface area (Å²) in [6, 6.07) is 7.85. The lowest BCUT2D eigenvalue weighted by atomic mass is 9.75. The number of unbranched alkanes of at least 4 members (excludes halogenated alkanes) is 3. The molecular weight excluding hydrogens is 290 g/mol. The van der Waals surface area contributed by atoms with Crippen LogP contribution in [0.1, 0.15) is 56.9 Å². The Kier molecular flexibility index (Phi) is 6.78. The number of hydrogen-bond donors (Lipinski definition) is 1. The number of carbonyl (C=O) groups excluding carboxylic acids is 2. The summed E-state index contributed by atoms with van der Waals surface area (Å²) in [4.78, 5) is 23.1. The monoisotopic (exact) mass is 317 g/mol. The fourth-order valence-electron chi connectivity index (χ4n) is 3.34. The minimum Gasteiger partial charge on any atom is -0.497 e. The number of hydrogen-bond acceptors (Lipinski definition) is 4. The molecule has 0 spiro atoms. The van der Waals surface area contributed by atoms with Crippen LogP contribution in [0.2, 0.25) is 0 Å². The van der Waals surface area contributed by atoms with E-state index in [1.54, 1.807) is 7.11 Å². The lowest BCUT2D eigenvalue weighted by Crippen LogP contribution is -2.51. The molecule has 2 rings (SSSR count). The van der Waals surface area contributed by atoms with Crippen molar-refractivity contribution in [2.75, 3.05) is 13.7 Å². The van der Waals surface area contributed by atoms with Gasteiger partial charge in [-0.15, -0.1) is 0 Å². The normalized spacial score (nSPS) is 21.2. The first-order valence-corrected chi connectivity index (χ1v) is 8.59. The minimum absolute atomic E-state index is 0.282. The standard InChI is InChI=1S/C19H27NO3/c1-23-17-10-8-9-16(15-17)19(12-5-4-11-18(19)22)20-13-6-2-3-7-14-21/h8-10,14-15,20H,2-7,11-13H2,1H3. The fraction of sp³-hybridized carbons (Fsp3) is 0.579. The van der Waals surface area contributed by atoms with Crippen molar-refractivity contribution >= 4 is 12.1 Å². The van der Waals surface area contributed by atoms with E-state index >= 15 is 0 Å². The van der Waals surface area contributed by atoms with Gasteiger partial charge in [-0.1, -0.05) is 25.0 Å². The lowest BCUT2D eigenvalue weighted by Gasteiger charge is -2.37. The minimum atomic E-state index is -0.572. The summed E-state index contributed by atoms with van der Waals surface area (Å²) < 4.78 is 5.32. The fourth-order valence-corrected chi connectivity index (χ4v) is 3.34. The Labute approximate surface area is 138 Å². The molecule has 1 aliphatic carbocycles. The van der Waals surface area contributed by atoms with Crippen LogP contribution >= 0.6 is 0 Å². The van der Waals surface area contributed by atoms with Crippen LogP contribution in [-0.4, -0.2) is 25.7 Å². The molecule has 0 heterocycles. The molecule has 0 amide bonds. The smallest absolute Gasteiger partial charge is 0.157 e. The largest absolute Gasteiger partial charge is 0.497 e. The van der Waals surface area contributed by atoms with Crippen molar-refractivity contribution in [1.29, 1.82) is 0 Å². The SMILES string of the molecule is COc1cccc(C2(NCCCCCC=O)CCCCC2=O)c1. The molecule has 1 aromatic carbocycles. The van der Waals surface area contributed by atoms with Gasteiger partial charge in [0.2, 0.25) is 0 Å². The maximum atomic E-state index is 12.7. The Morgan fingerprint density at radius 3 is 2.87 bits per heavy atom. The van der Waals surface area contributed by atoms with Gasteiger partial charge in [0.1, 0.15) is 17.6 Å². The molecule has 4 heteroatoms. The zero-order valence-corrected chi connectivity index (χ0v) is 14.0. The first kappa shape index (κ1) is 17.7. The highest BCUT2D eigenvalue weighted by molar-refractivity contribution is 5.90. The Morgan fingerprint density at radius 1 is 1.26 bits per heavy atom. The average Bonchev–Trinajstić information content (AvgIpc) is 2.59. The molecule has 0 radical (unpaired) electrons. The predicted octanol–water partition coefficient (Wildman–Crippen LogP) is 3.38. The summed E-state index contributed by atoms with van der Waals surface area (Å²) in [6.07, 6.45) is 8.01. The Morgan fingerprint density at radius 2 is 2.13 bits per heavy atom. The molecular formula is C19H27NO3. The van der Waals surface area contributed by atoms with E-state index in [1.165, 1.54) is 0 Å². The molecule has 1 aliphatic rings. The van der Waals surface area contributed by atoms with Gasteiger partial charge in [0.05, 0.1) is 7.11 Å². The summed E-state index contributed by atoms with van der Waals surface area (Å²) in [5, 5.41) is 3.54. The van der Waals surface area contributed by atoms with E-state index in [0.717, 1.165) is 62.7 Å². The number of nitrogens with one attached hydrogen (secondary N) is 1. The molecule has 0 bridgehead atoms. The summed E-state index contributed by atoms with van der Waals surface area (Å²) in [5.41, 5.74) is 0.437. The maximum Gasteiger partial charge on any atom is 0.157 e. The third-order valence-electron chi connectivity index (χ3n) is 4.67. The van der Waals surface area contributed by atoms with E-state index in [9.17, 15) is 9.59 Å². The molecule has 4 nitrogen and oxygen atoms in total. The number of methoxy groups -OCH3 is 1. The van der Waals surface area contributed by atoms with Crippen LogP contribution in [0, 0.1) is 0 Å².